The Morgan fingerprint density at radius 2 is 2.13 bits per heavy atom. The lowest BCUT2D eigenvalue weighted by Gasteiger charge is -2.18. The summed E-state index contributed by atoms with van der Waals surface area (Å²) in [6.45, 7) is 6.43. The van der Waals surface area contributed by atoms with Gasteiger partial charge in [0.15, 0.2) is 0 Å². The van der Waals surface area contributed by atoms with Crippen LogP contribution in [0.5, 0.6) is 5.75 Å². The summed E-state index contributed by atoms with van der Waals surface area (Å²) in [5, 5.41) is 4.58. The fourth-order valence-corrected chi connectivity index (χ4v) is 3.95. The molecule has 2 heterocycles. The summed E-state index contributed by atoms with van der Waals surface area (Å²) in [6, 6.07) is 8.05. The van der Waals surface area contributed by atoms with Gasteiger partial charge >= 0.3 is 0 Å². The van der Waals surface area contributed by atoms with Gasteiger partial charge in [0.25, 0.3) is 0 Å². The van der Waals surface area contributed by atoms with Crippen molar-refractivity contribution in [3.8, 4) is 5.75 Å². The van der Waals surface area contributed by atoms with Crippen molar-refractivity contribution >= 4 is 23.3 Å². The zero-order valence-corrected chi connectivity index (χ0v) is 14.7. The number of para-hydroxylation sites is 2. The molecule has 1 aliphatic rings. The largest absolute Gasteiger partial charge is 0.489 e. The minimum absolute atomic E-state index is 0.188. The third-order valence-electron chi connectivity index (χ3n) is 4.21. The SMILES string of the molecule is CCC(C)Oc1ccccc1Nc1ncnc2c1C(CC)CS2. The molecule has 1 N–H and O–H groups in total. The van der Waals surface area contributed by atoms with Crippen LogP contribution < -0.4 is 10.1 Å². The number of hydrogen-bond donors (Lipinski definition) is 1. The lowest BCUT2D eigenvalue weighted by Crippen LogP contribution is -2.11. The van der Waals surface area contributed by atoms with Gasteiger partial charge in [-0.3, -0.25) is 0 Å². The Morgan fingerprint density at radius 1 is 1.30 bits per heavy atom. The van der Waals surface area contributed by atoms with E-state index in [1.165, 1.54) is 5.56 Å². The number of aromatic nitrogens is 2. The monoisotopic (exact) mass is 329 g/mol. The average molecular weight is 329 g/mol. The van der Waals surface area contributed by atoms with Gasteiger partial charge in [-0.05, 0) is 37.8 Å². The number of nitrogens with zero attached hydrogens (tertiary/aromatic N) is 2. The van der Waals surface area contributed by atoms with Crippen molar-refractivity contribution in [3.05, 3.63) is 36.2 Å². The van der Waals surface area contributed by atoms with Crippen molar-refractivity contribution in [2.75, 3.05) is 11.1 Å². The Kier molecular flexibility index (Phi) is 5.06. The number of nitrogens with one attached hydrogen (secondary N) is 1. The molecule has 4 nitrogen and oxygen atoms in total. The first-order chi connectivity index (χ1) is 11.2. The molecule has 1 aromatic heterocycles. The molecular formula is C18H23N3OS. The molecule has 0 radical (unpaired) electrons. The Hall–Kier alpha value is -1.75. The predicted molar refractivity (Wildman–Crippen MR) is 95.9 cm³/mol. The lowest BCUT2D eigenvalue weighted by molar-refractivity contribution is 0.218. The molecule has 2 aromatic rings. The second-order valence-corrected chi connectivity index (χ2v) is 6.82. The highest BCUT2D eigenvalue weighted by Gasteiger charge is 2.27. The molecule has 23 heavy (non-hydrogen) atoms. The maximum atomic E-state index is 6.03. The quantitative estimate of drug-likeness (QED) is 0.756. The Morgan fingerprint density at radius 3 is 2.91 bits per heavy atom. The molecule has 0 bridgehead atoms. The Bertz CT molecular complexity index is 677. The van der Waals surface area contributed by atoms with E-state index in [2.05, 4.69) is 36.1 Å². The number of benzene rings is 1. The van der Waals surface area contributed by atoms with E-state index in [0.717, 1.165) is 40.9 Å². The summed E-state index contributed by atoms with van der Waals surface area (Å²) in [5.41, 5.74) is 2.21. The summed E-state index contributed by atoms with van der Waals surface area (Å²) in [7, 11) is 0. The number of rotatable bonds is 6. The minimum Gasteiger partial charge on any atom is -0.489 e. The molecule has 2 atom stereocenters. The van der Waals surface area contributed by atoms with E-state index in [9.17, 15) is 0 Å². The van der Waals surface area contributed by atoms with Crippen LogP contribution in [-0.4, -0.2) is 21.8 Å². The van der Waals surface area contributed by atoms with Gasteiger partial charge in [0, 0.05) is 11.3 Å². The molecular weight excluding hydrogens is 306 g/mol. The van der Waals surface area contributed by atoms with Gasteiger partial charge in [0.1, 0.15) is 22.9 Å². The molecule has 5 heteroatoms. The Balaban J connectivity index is 1.91. The summed E-state index contributed by atoms with van der Waals surface area (Å²) < 4.78 is 6.03. The molecule has 0 fully saturated rings. The molecule has 0 aliphatic carbocycles. The van der Waals surface area contributed by atoms with Gasteiger partial charge in [-0.15, -0.1) is 11.8 Å². The van der Waals surface area contributed by atoms with Gasteiger partial charge < -0.3 is 10.1 Å². The Labute approximate surface area is 142 Å². The summed E-state index contributed by atoms with van der Waals surface area (Å²) in [5.74, 6) is 3.38. The van der Waals surface area contributed by atoms with Crippen molar-refractivity contribution < 1.29 is 4.74 Å². The van der Waals surface area contributed by atoms with Crippen molar-refractivity contribution in [1.82, 2.24) is 9.97 Å². The second-order valence-electron chi connectivity index (χ2n) is 5.82. The second kappa shape index (κ2) is 7.21. The zero-order chi connectivity index (χ0) is 16.2. The molecule has 1 aliphatic heterocycles. The van der Waals surface area contributed by atoms with E-state index in [0.29, 0.717) is 5.92 Å². The van der Waals surface area contributed by atoms with E-state index >= 15 is 0 Å². The first-order valence-electron chi connectivity index (χ1n) is 8.23. The van der Waals surface area contributed by atoms with Crippen LogP contribution in [0.1, 0.15) is 45.1 Å². The molecule has 0 saturated carbocycles. The van der Waals surface area contributed by atoms with Crippen molar-refractivity contribution in [3.63, 3.8) is 0 Å². The van der Waals surface area contributed by atoms with E-state index in [1.54, 1.807) is 6.33 Å². The van der Waals surface area contributed by atoms with Crippen LogP contribution in [0.4, 0.5) is 11.5 Å². The maximum absolute atomic E-state index is 6.03. The fraction of sp³-hybridized carbons (Fsp3) is 0.444. The molecule has 0 saturated heterocycles. The van der Waals surface area contributed by atoms with Crippen LogP contribution in [0.2, 0.25) is 0 Å². The van der Waals surface area contributed by atoms with Gasteiger partial charge in [-0.1, -0.05) is 26.0 Å². The van der Waals surface area contributed by atoms with E-state index in [4.69, 9.17) is 4.74 Å². The third-order valence-corrected chi connectivity index (χ3v) is 5.38. The number of anilines is 2. The summed E-state index contributed by atoms with van der Waals surface area (Å²) >= 11 is 1.82. The fourth-order valence-electron chi connectivity index (χ4n) is 2.65. The smallest absolute Gasteiger partial charge is 0.143 e. The van der Waals surface area contributed by atoms with E-state index < -0.39 is 0 Å². The predicted octanol–water partition coefficient (Wildman–Crippen LogP) is 5.00. The van der Waals surface area contributed by atoms with Gasteiger partial charge in [-0.25, -0.2) is 9.97 Å². The van der Waals surface area contributed by atoms with Crippen LogP contribution in [0.3, 0.4) is 0 Å². The van der Waals surface area contributed by atoms with E-state index in [1.807, 2.05) is 36.0 Å². The lowest BCUT2D eigenvalue weighted by atomic mass is 10.0. The molecule has 0 amide bonds. The first-order valence-corrected chi connectivity index (χ1v) is 9.21. The van der Waals surface area contributed by atoms with Crippen LogP contribution in [0, 0.1) is 0 Å². The van der Waals surface area contributed by atoms with Crippen LogP contribution in [-0.2, 0) is 0 Å². The minimum atomic E-state index is 0.188. The van der Waals surface area contributed by atoms with Crippen LogP contribution >= 0.6 is 11.8 Å². The standard InChI is InChI=1S/C18H23N3OS/c1-4-12(3)22-15-9-7-6-8-14(15)21-17-16-13(5-2)10-23-18(16)20-11-19-17/h6-9,11-13H,4-5,10H2,1-3H3,(H,19,20,21). The highest BCUT2D eigenvalue weighted by molar-refractivity contribution is 7.99. The normalized spacial score (nSPS) is 17.6. The van der Waals surface area contributed by atoms with Crippen molar-refractivity contribution in [2.24, 2.45) is 0 Å². The highest BCUT2D eigenvalue weighted by Crippen LogP contribution is 2.44. The van der Waals surface area contributed by atoms with Gasteiger partial charge in [0.2, 0.25) is 0 Å². The van der Waals surface area contributed by atoms with Crippen LogP contribution in [0.15, 0.2) is 35.6 Å². The number of thioether (sulfide) groups is 1. The number of hydrogen-bond acceptors (Lipinski definition) is 5. The van der Waals surface area contributed by atoms with Crippen molar-refractivity contribution in [1.29, 1.82) is 0 Å². The molecule has 2 unspecified atom stereocenters. The third kappa shape index (κ3) is 3.44. The molecule has 122 valence electrons. The van der Waals surface area contributed by atoms with Gasteiger partial charge in [0.05, 0.1) is 11.8 Å². The van der Waals surface area contributed by atoms with Crippen molar-refractivity contribution in [2.45, 2.75) is 50.7 Å². The maximum Gasteiger partial charge on any atom is 0.143 e. The van der Waals surface area contributed by atoms with Crippen LogP contribution in [0.25, 0.3) is 0 Å². The molecule has 0 spiro atoms. The first kappa shape index (κ1) is 16.1. The van der Waals surface area contributed by atoms with E-state index in [-0.39, 0.29) is 6.10 Å². The molecule has 1 aromatic carbocycles. The topological polar surface area (TPSA) is 47.0 Å². The summed E-state index contributed by atoms with van der Waals surface area (Å²) in [4.78, 5) is 8.92. The highest BCUT2D eigenvalue weighted by atomic mass is 32.2. The average Bonchev–Trinajstić information content (AvgIpc) is 3.00. The number of ether oxygens (including phenoxy) is 1. The zero-order valence-electron chi connectivity index (χ0n) is 13.9. The van der Waals surface area contributed by atoms with Gasteiger partial charge in [-0.2, -0.15) is 0 Å². The number of fused-ring (bicyclic) bond motifs is 1. The molecule has 3 rings (SSSR count). The summed E-state index contributed by atoms with van der Waals surface area (Å²) in [6.07, 6.45) is 3.91.